The van der Waals surface area contributed by atoms with Crippen LogP contribution in [0.15, 0.2) is 236 Å². The third-order valence-electron chi connectivity index (χ3n) is 10.5. The molecule has 0 unspecified atom stereocenters. The van der Waals surface area contributed by atoms with Crippen LogP contribution in [0.3, 0.4) is 0 Å². The molecule has 10 aromatic carbocycles. The van der Waals surface area contributed by atoms with E-state index in [4.69, 9.17) is 0 Å². The molecule has 0 amide bonds. The second-order valence-electron chi connectivity index (χ2n) is 13.9. The summed E-state index contributed by atoms with van der Waals surface area (Å²) in [5.74, 6) is 0. The van der Waals surface area contributed by atoms with Gasteiger partial charge in [0.05, 0.1) is 15.3 Å². The summed E-state index contributed by atoms with van der Waals surface area (Å²) in [5.41, 5.74) is 6.99. The molecule has 10 aromatic rings. The first kappa shape index (κ1) is 27.2. The monoisotopic (exact) mass is 732 g/mol. The predicted molar refractivity (Wildman–Crippen MR) is 243 cm³/mol. The lowest BCUT2D eigenvalue weighted by molar-refractivity contribution is 1.28. The molecule has 0 aliphatic heterocycles. The lowest BCUT2D eigenvalue weighted by Gasteiger charge is -2.29. The van der Waals surface area contributed by atoms with E-state index < -0.39 is 0 Å². The van der Waals surface area contributed by atoms with E-state index in [9.17, 15) is 9.60 Å². The van der Waals surface area contributed by atoms with Crippen molar-refractivity contribution < 1.29 is 9.60 Å². The Labute approximate surface area is 344 Å². The van der Waals surface area contributed by atoms with Gasteiger partial charge in [0.2, 0.25) is 0 Å². The first-order chi connectivity index (χ1) is 31.2. The van der Waals surface area contributed by atoms with E-state index in [1.54, 1.807) is 4.90 Å². The van der Waals surface area contributed by atoms with Crippen LogP contribution in [0.2, 0.25) is 0 Å². The average Bonchev–Trinajstić information content (AvgIpc) is 3.34. The molecule has 1 nitrogen and oxygen atoms in total. The molecule has 0 aliphatic rings. The van der Waals surface area contributed by atoms with Crippen molar-refractivity contribution in [3.8, 4) is 55.6 Å². The van der Waals surface area contributed by atoms with Crippen molar-refractivity contribution in [3.63, 3.8) is 0 Å². The Morgan fingerprint density at radius 2 is 0.842 bits per heavy atom. The molecule has 0 fully saturated rings. The molecule has 0 atom stereocenters. The predicted octanol–water partition coefficient (Wildman–Crippen LogP) is 15.8. The number of hydrogen-bond donors (Lipinski definition) is 0. The normalized spacial score (nSPS) is 12.9. The highest BCUT2D eigenvalue weighted by molar-refractivity contribution is 6.04. The van der Waals surface area contributed by atoms with Gasteiger partial charge in [0.25, 0.3) is 0 Å². The number of fused-ring (bicyclic) bond motifs is 2. The van der Waals surface area contributed by atoms with Crippen molar-refractivity contribution >= 4 is 38.6 Å². The summed E-state index contributed by atoms with van der Waals surface area (Å²) in [6, 6.07) is 60.6. The zero-order valence-corrected chi connectivity index (χ0v) is 30.9. The summed E-state index contributed by atoms with van der Waals surface area (Å²) < 4.78 is 68.0. The average molecular weight is 733 g/mol. The van der Waals surface area contributed by atoms with Crippen LogP contribution in [0, 0.1) is 0 Å². The fourth-order valence-electron chi connectivity index (χ4n) is 7.71. The van der Waals surface area contributed by atoms with Crippen molar-refractivity contribution in [2.75, 3.05) is 4.90 Å². The topological polar surface area (TPSA) is 3.24 Å². The maximum absolute atomic E-state index is 9.86. The first-order valence-electron chi connectivity index (χ1n) is 22.5. The highest BCUT2D eigenvalue weighted by Crippen LogP contribution is 2.45. The van der Waals surface area contributed by atoms with Gasteiger partial charge in [-0.25, -0.2) is 0 Å². The van der Waals surface area contributed by atoms with Crippen molar-refractivity contribution in [3.05, 3.63) is 236 Å². The first-order valence-corrected chi connectivity index (χ1v) is 19.0. The Balaban J connectivity index is 1.26. The molecule has 1 heteroatoms. The Kier molecular flexibility index (Phi) is 7.14. The molecule has 0 aliphatic carbocycles. The van der Waals surface area contributed by atoms with Gasteiger partial charge in [0.15, 0.2) is 0 Å². The van der Waals surface area contributed by atoms with E-state index >= 15 is 0 Å². The number of hydrogen-bond acceptors (Lipinski definition) is 1. The maximum atomic E-state index is 9.86. The molecule has 0 saturated heterocycles. The van der Waals surface area contributed by atoms with Crippen LogP contribution in [0.5, 0.6) is 0 Å². The summed E-state index contributed by atoms with van der Waals surface area (Å²) in [5, 5.41) is 3.91. The fraction of sp³-hybridized carbons (Fsp3) is 0. The maximum Gasteiger partial charge on any atom is 0.0645 e. The molecule has 0 saturated carbocycles. The van der Waals surface area contributed by atoms with Crippen molar-refractivity contribution in [1.29, 1.82) is 0 Å². The smallest absolute Gasteiger partial charge is 0.0645 e. The van der Waals surface area contributed by atoms with Crippen molar-refractivity contribution in [1.82, 2.24) is 0 Å². The fourth-order valence-corrected chi connectivity index (χ4v) is 7.71. The quantitative estimate of drug-likeness (QED) is 0.150. The summed E-state index contributed by atoms with van der Waals surface area (Å²) >= 11 is 0. The van der Waals surface area contributed by atoms with Crippen LogP contribution < -0.4 is 4.90 Å². The van der Waals surface area contributed by atoms with Gasteiger partial charge < -0.3 is 4.90 Å². The minimum Gasteiger partial charge on any atom is -0.310 e. The summed E-state index contributed by atoms with van der Waals surface area (Å²) in [7, 11) is 0. The van der Waals surface area contributed by atoms with Crippen molar-refractivity contribution in [2.24, 2.45) is 0 Å². The molecular formula is C56H39N. The zero-order valence-electron chi connectivity index (χ0n) is 37.9. The highest BCUT2D eigenvalue weighted by Gasteiger charge is 2.20. The second kappa shape index (κ2) is 15.0. The van der Waals surface area contributed by atoms with Gasteiger partial charge >= 0.3 is 0 Å². The van der Waals surface area contributed by atoms with E-state index in [-0.39, 0.29) is 64.8 Å². The van der Waals surface area contributed by atoms with Crippen LogP contribution in [0.1, 0.15) is 9.60 Å². The molecule has 0 spiro atoms. The number of rotatable bonds is 8. The molecule has 10 rings (SSSR count). The van der Waals surface area contributed by atoms with Crippen LogP contribution in [-0.2, 0) is 0 Å². The second-order valence-corrected chi connectivity index (χ2v) is 13.9. The summed E-state index contributed by atoms with van der Waals surface area (Å²) in [6.07, 6.45) is 0. The number of anilines is 3. The summed E-state index contributed by atoms with van der Waals surface area (Å²) in [6.45, 7) is 0. The minimum atomic E-state index is -0.322. The van der Waals surface area contributed by atoms with Crippen LogP contribution in [0.25, 0.3) is 77.2 Å². The van der Waals surface area contributed by atoms with Crippen LogP contribution >= 0.6 is 0 Å². The molecule has 0 heterocycles. The molecule has 0 radical (unpaired) electrons. The molecule has 57 heavy (non-hydrogen) atoms. The van der Waals surface area contributed by atoms with E-state index in [0.29, 0.717) is 27.9 Å². The van der Waals surface area contributed by atoms with E-state index in [2.05, 4.69) is 36.4 Å². The Hall–Kier alpha value is -7.48. The van der Waals surface area contributed by atoms with Gasteiger partial charge in [-0.3, -0.25) is 0 Å². The van der Waals surface area contributed by atoms with Crippen LogP contribution in [-0.4, -0.2) is 0 Å². The lowest BCUT2D eigenvalue weighted by atomic mass is 9.89. The minimum absolute atomic E-state index is 0.00122. The lowest BCUT2D eigenvalue weighted by Crippen LogP contribution is -2.11. The molecule has 0 aromatic heterocycles. The Morgan fingerprint density at radius 1 is 0.298 bits per heavy atom. The van der Waals surface area contributed by atoms with Gasteiger partial charge in [-0.2, -0.15) is 0 Å². The van der Waals surface area contributed by atoms with E-state index in [0.717, 1.165) is 43.8 Å². The van der Waals surface area contributed by atoms with Crippen molar-refractivity contribution in [2.45, 2.75) is 0 Å². The van der Waals surface area contributed by atoms with Gasteiger partial charge in [0, 0.05) is 16.9 Å². The Morgan fingerprint density at radius 3 is 1.54 bits per heavy atom. The van der Waals surface area contributed by atoms with Gasteiger partial charge in [-0.05, 0) is 108 Å². The third-order valence-corrected chi connectivity index (χ3v) is 10.5. The van der Waals surface area contributed by atoms with Gasteiger partial charge in [0.1, 0.15) is 0 Å². The number of nitrogens with zero attached hydrogens (tertiary/aromatic N) is 1. The van der Waals surface area contributed by atoms with E-state index in [1.807, 2.05) is 158 Å². The van der Waals surface area contributed by atoms with Crippen LogP contribution in [0.4, 0.5) is 17.1 Å². The highest BCUT2D eigenvalue weighted by atomic mass is 15.1. The third kappa shape index (κ3) is 6.56. The Bertz CT molecular complexity index is 3360. The van der Waals surface area contributed by atoms with E-state index in [1.165, 1.54) is 0 Å². The number of benzene rings is 10. The largest absolute Gasteiger partial charge is 0.310 e. The summed E-state index contributed by atoms with van der Waals surface area (Å²) in [4.78, 5) is 1.56. The standard InChI is InChI=1S/C56H39N/c1-4-15-40(16-5-1)47-32-38-55(54(39-47)42-17-6-2-7-18-42)57(48-33-27-44(28-34-48)51-26-14-23-41-19-10-12-24-50(41)51)49-35-29-45(30-36-49)53-37-31-43-20-11-13-25-52(43)56(53)46-21-8-3-9-22-46/h1-39H/i27D,28D,32D,33D,34D,38D,39D. The molecule has 0 bridgehead atoms. The van der Waals surface area contributed by atoms with Gasteiger partial charge in [-0.15, -0.1) is 0 Å². The SMILES string of the molecule is [2H]c1c([2H])c(N(c2ccc(-c3ccc4ccccc4c3-c3ccccc3)cc2)c2c([2H])c([2H])c(-c3cccc4ccccc34)c([2H])c2[2H])c(-c2ccccc2)c([2H])c1-c1ccccc1. The molecule has 0 N–H and O–H groups in total. The van der Waals surface area contributed by atoms with Gasteiger partial charge in [-0.1, -0.05) is 200 Å². The zero-order chi connectivity index (χ0) is 44.1. The molecular weight excluding hydrogens is 687 g/mol. The molecule has 268 valence electrons.